The molecule has 0 heterocycles. The Morgan fingerprint density at radius 2 is 0.543 bits per heavy atom. The Labute approximate surface area is 652 Å². The van der Waals surface area contributed by atoms with E-state index in [1.807, 2.05) is 21.1 Å². The molecule has 2 unspecified atom stereocenters. The molecule has 0 aliphatic carbocycles. The lowest BCUT2D eigenvalue weighted by molar-refractivity contribution is -0.870. The van der Waals surface area contributed by atoms with Gasteiger partial charge in [0, 0.05) is 12.8 Å². The number of allylic oxidation sites excluding steroid dienone is 16. The second-order valence-corrected chi connectivity index (χ2v) is 31.9. The Hall–Kier alpha value is -3.79. The number of carbonyl (C=O) groups is 3. The average Bonchev–Trinajstić information content (AvgIpc) is 1.18. The van der Waals surface area contributed by atoms with Crippen LogP contribution in [0, 0.1) is 0 Å². The Morgan fingerprint density at radius 3 is 0.819 bits per heavy atom. The Balaban J connectivity index is 3.92. The number of carboxylic acid groups (broad SMARTS) is 1. The van der Waals surface area contributed by atoms with Gasteiger partial charge in [-0.15, -0.1) is 0 Å². The third-order valence-corrected chi connectivity index (χ3v) is 20.3. The molecule has 105 heavy (non-hydrogen) atoms. The molecule has 0 saturated heterocycles. The predicted molar refractivity (Wildman–Crippen MR) is 454 cm³/mol. The highest BCUT2D eigenvalue weighted by Gasteiger charge is 2.22. The van der Waals surface area contributed by atoms with Crippen molar-refractivity contribution >= 4 is 17.9 Å². The number of unbranched alkanes of at least 4 members (excludes halogenated alkanes) is 54. The summed E-state index contributed by atoms with van der Waals surface area (Å²) in [6, 6.07) is 0. The van der Waals surface area contributed by atoms with Crippen LogP contribution in [0.2, 0.25) is 0 Å². The topological polar surface area (TPSA) is 111 Å². The SMILES string of the molecule is CC/C=C\C/C=C\C/C=C\C/C=C\C/C=C\C/C=C\C/C=C\CCCCCCCCCCCCCCCCCCCCCC(=O)OC(COC(=O)CCCCCCCCCCCCCCCCCCCCCCCCCCCCC/C=C\CCCCCCCCCC)COC(OCC[N+](C)(C)C)C(=O)[O-]. The largest absolute Gasteiger partial charge is 0.545 e. The summed E-state index contributed by atoms with van der Waals surface area (Å²) in [7, 11) is 5.95. The molecule has 0 aromatic carbocycles. The van der Waals surface area contributed by atoms with Crippen molar-refractivity contribution in [3.63, 3.8) is 0 Å². The lowest BCUT2D eigenvalue weighted by atomic mass is 10.0. The summed E-state index contributed by atoms with van der Waals surface area (Å²) in [4.78, 5) is 37.7. The van der Waals surface area contributed by atoms with Crippen molar-refractivity contribution in [1.82, 2.24) is 0 Å². The van der Waals surface area contributed by atoms with E-state index in [0.717, 1.165) is 77.0 Å². The number of carboxylic acids is 1. The van der Waals surface area contributed by atoms with E-state index in [-0.39, 0.29) is 32.2 Å². The quantitative estimate of drug-likeness (QED) is 0.0195. The molecule has 0 N–H and O–H groups in total. The maximum atomic E-state index is 13.0. The van der Waals surface area contributed by atoms with Crippen LogP contribution >= 0.6 is 0 Å². The summed E-state index contributed by atoms with van der Waals surface area (Å²) >= 11 is 0. The lowest BCUT2D eigenvalue weighted by Crippen LogP contribution is -2.44. The molecular formula is C96H173NO8. The van der Waals surface area contributed by atoms with Gasteiger partial charge in [0.1, 0.15) is 13.2 Å². The van der Waals surface area contributed by atoms with Gasteiger partial charge in [-0.2, -0.15) is 0 Å². The second-order valence-electron chi connectivity index (χ2n) is 31.9. The molecule has 0 spiro atoms. The van der Waals surface area contributed by atoms with E-state index in [1.165, 1.54) is 327 Å². The first-order valence-corrected chi connectivity index (χ1v) is 45.4. The molecule has 0 rings (SSSR count). The number of nitrogens with zero attached hydrogens (tertiary/aromatic N) is 1. The molecule has 0 fully saturated rings. The number of ether oxygens (including phenoxy) is 4. The average molecular weight is 1470 g/mol. The van der Waals surface area contributed by atoms with Crippen LogP contribution in [-0.4, -0.2) is 82.3 Å². The fourth-order valence-electron chi connectivity index (χ4n) is 13.5. The number of aliphatic carboxylic acids is 1. The highest BCUT2D eigenvalue weighted by atomic mass is 16.7. The highest BCUT2D eigenvalue weighted by Crippen LogP contribution is 2.20. The first-order valence-electron chi connectivity index (χ1n) is 45.4. The summed E-state index contributed by atoms with van der Waals surface area (Å²) in [6.07, 6.45) is 117. The van der Waals surface area contributed by atoms with Crippen LogP contribution in [0.5, 0.6) is 0 Å². The summed E-state index contributed by atoms with van der Waals surface area (Å²) in [5, 5.41) is 11.9. The molecule has 0 aliphatic heterocycles. The van der Waals surface area contributed by atoms with Crippen molar-refractivity contribution in [3.05, 3.63) is 97.2 Å². The molecule has 9 nitrogen and oxygen atoms in total. The number of esters is 2. The van der Waals surface area contributed by atoms with Crippen molar-refractivity contribution in [2.75, 3.05) is 47.5 Å². The van der Waals surface area contributed by atoms with E-state index in [1.54, 1.807) is 0 Å². The van der Waals surface area contributed by atoms with Crippen molar-refractivity contribution < 1.29 is 42.9 Å². The highest BCUT2D eigenvalue weighted by molar-refractivity contribution is 5.70. The van der Waals surface area contributed by atoms with Crippen LogP contribution in [0.4, 0.5) is 0 Å². The van der Waals surface area contributed by atoms with Gasteiger partial charge in [-0.25, -0.2) is 0 Å². The van der Waals surface area contributed by atoms with Crippen LogP contribution in [-0.2, 0) is 33.3 Å². The van der Waals surface area contributed by atoms with Gasteiger partial charge >= 0.3 is 11.9 Å². The minimum atomic E-state index is -1.62. The number of rotatable bonds is 85. The van der Waals surface area contributed by atoms with Crippen LogP contribution < -0.4 is 5.11 Å². The van der Waals surface area contributed by atoms with E-state index < -0.39 is 24.3 Å². The van der Waals surface area contributed by atoms with Crippen molar-refractivity contribution in [3.8, 4) is 0 Å². The number of hydrogen-bond donors (Lipinski definition) is 0. The smallest absolute Gasteiger partial charge is 0.306 e. The fraction of sp³-hybridized carbons (Fsp3) is 0.802. The van der Waals surface area contributed by atoms with E-state index >= 15 is 0 Å². The summed E-state index contributed by atoms with van der Waals surface area (Å²) in [5.41, 5.74) is 0. The zero-order valence-electron chi connectivity index (χ0n) is 70.1. The molecule has 0 saturated carbocycles. The molecule has 2 atom stereocenters. The fourth-order valence-corrected chi connectivity index (χ4v) is 13.5. The number of carbonyl (C=O) groups excluding carboxylic acids is 3. The van der Waals surface area contributed by atoms with Crippen LogP contribution in [0.3, 0.4) is 0 Å². The lowest BCUT2D eigenvalue weighted by Gasteiger charge is -2.26. The third kappa shape index (κ3) is 87.3. The molecule has 9 heteroatoms. The van der Waals surface area contributed by atoms with Crippen molar-refractivity contribution in [1.29, 1.82) is 0 Å². The molecule has 0 radical (unpaired) electrons. The van der Waals surface area contributed by atoms with Crippen molar-refractivity contribution in [2.24, 2.45) is 0 Å². The first-order chi connectivity index (χ1) is 51.6. The Kier molecular flexibility index (Phi) is 82.7. The Morgan fingerprint density at radius 1 is 0.295 bits per heavy atom. The van der Waals surface area contributed by atoms with Gasteiger partial charge < -0.3 is 33.3 Å². The normalized spacial score (nSPS) is 13.0. The van der Waals surface area contributed by atoms with Crippen molar-refractivity contribution in [2.45, 2.75) is 450 Å². The van der Waals surface area contributed by atoms with Crippen LogP contribution in [0.15, 0.2) is 97.2 Å². The molecular weight excluding hydrogens is 1300 g/mol. The molecule has 0 aliphatic rings. The van der Waals surface area contributed by atoms with E-state index in [0.29, 0.717) is 23.9 Å². The summed E-state index contributed by atoms with van der Waals surface area (Å²) in [6.45, 7) is 4.70. The van der Waals surface area contributed by atoms with Gasteiger partial charge in [0.05, 0.1) is 40.3 Å². The molecule has 0 aromatic rings. The summed E-state index contributed by atoms with van der Waals surface area (Å²) < 4.78 is 22.9. The maximum absolute atomic E-state index is 13.0. The minimum absolute atomic E-state index is 0.148. The summed E-state index contributed by atoms with van der Waals surface area (Å²) in [5.74, 6) is -2.25. The van der Waals surface area contributed by atoms with E-state index in [9.17, 15) is 19.5 Å². The minimum Gasteiger partial charge on any atom is -0.545 e. The number of quaternary nitrogens is 1. The standard InChI is InChI=1S/C96H173NO8/c1-6-8-10-12-14-16-18-20-22-24-26-28-30-32-34-36-38-40-42-44-46-47-49-51-53-55-57-59-61-63-65-67-69-71-73-75-77-79-81-83-85-87-94(99)105-92(91-104-96(95(100)101)102-89-88-97(3,4)5)90-103-93(98)86-84-82-80-78-76-74-72-70-68-66-64-62-60-58-56-54-52-50-48-45-43-41-39-37-35-33-31-29-27-25-23-21-19-17-15-13-11-9-7-2/h8,10,14,16,20,22,25-28,32,34,38,40,44,46,92,96H,6-7,9,11-13,15,17-19,21,23-24,29-31,33,35-37,39,41-43,45,47-91H2,1-5H3/b10-8-,16-14-,22-20-,27-25-,28-26-,34-32-,40-38-,46-44-. The monoisotopic (exact) mass is 1470 g/mol. The van der Waals surface area contributed by atoms with Gasteiger partial charge in [-0.1, -0.05) is 426 Å². The molecule has 610 valence electrons. The van der Waals surface area contributed by atoms with Gasteiger partial charge in [0.2, 0.25) is 0 Å². The van der Waals surface area contributed by atoms with Crippen LogP contribution in [0.1, 0.15) is 438 Å². The Bertz CT molecular complexity index is 2060. The van der Waals surface area contributed by atoms with Gasteiger partial charge in [-0.05, 0) is 96.3 Å². The first kappa shape index (κ1) is 101. The number of likely N-dealkylation sites (N-methyl/N-ethyl adjacent to an activating group) is 1. The van der Waals surface area contributed by atoms with Gasteiger partial charge in [0.15, 0.2) is 12.4 Å². The van der Waals surface area contributed by atoms with Gasteiger partial charge in [0.25, 0.3) is 0 Å². The van der Waals surface area contributed by atoms with E-state index in [4.69, 9.17) is 18.9 Å². The second kappa shape index (κ2) is 85.8. The van der Waals surface area contributed by atoms with E-state index in [2.05, 4.69) is 111 Å². The molecule has 0 aromatic heterocycles. The zero-order valence-corrected chi connectivity index (χ0v) is 70.1. The van der Waals surface area contributed by atoms with Crippen LogP contribution in [0.25, 0.3) is 0 Å². The number of hydrogen-bond acceptors (Lipinski definition) is 8. The predicted octanol–water partition coefficient (Wildman–Crippen LogP) is 28.5. The van der Waals surface area contributed by atoms with Gasteiger partial charge in [-0.3, -0.25) is 9.59 Å². The maximum Gasteiger partial charge on any atom is 0.306 e. The zero-order chi connectivity index (χ0) is 76.0. The molecule has 0 bridgehead atoms. The third-order valence-electron chi connectivity index (χ3n) is 20.3. The molecule has 0 amide bonds.